The van der Waals surface area contributed by atoms with E-state index < -0.39 is 11.6 Å². The third kappa shape index (κ3) is 4.52. The summed E-state index contributed by atoms with van der Waals surface area (Å²) in [5.74, 6) is 1.66. The van der Waals surface area contributed by atoms with Gasteiger partial charge in [0.1, 0.15) is 11.3 Å². The number of hydrogen-bond acceptors (Lipinski definition) is 7. The summed E-state index contributed by atoms with van der Waals surface area (Å²) in [6.45, 7) is 6.57. The highest BCUT2D eigenvalue weighted by molar-refractivity contribution is 5.67. The summed E-state index contributed by atoms with van der Waals surface area (Å²) in [6, 6.07) is 14.4. The maximum absolute atomic E-state index is 11.1. The Morgan fingerprint density at radius 2 is 1.81 bits per heavy atom. The summed E-state index contributed by atoms with van der Waals surface area (Å²) >= 11 is 0. The van der Waals surface area contributed by atoms with Gasteiger partial charge in [0.15, 0.2) is 0 Å². The molecule has 9 nitrogen and oxygen atoms in total. The fourth-order valence-electron chi connectivity index (χ4n) is 4.56. The molecule has 1 saturated carbocycles. The van der Waals surface area contributed by atoms with Gasteiger partial charge in [0.2, 0.25) is 5.82 Å². The largest absolute Gasteiger partial charge is 0.495 e. The zero-order valence-corrected chi connectivity index (χ0v) is 21.2. The van der Waals surface area contributed by atoms with Gasteiger partial charge in [0.25, 0.3) is 5.89 Å². The third-order valence-corrected chi connectivity index (χ3v) is 7.41. The Balaban J connectivity index is 1.41. The lowest BCUT2D eigenvalue weighted by atomic mass is 9.70. The molecule has 0 aliphatic heterocycles. The molecule has 4 aromatic rings. The lowest BCUT2D eigenvalue weighted by molar-refractivity contribution is 0.183. The van der Waals surface area contributed by atoms with Crippen LogP contribution in [0.5, 0.6) is 5.75 Å². The molecule has 3 aromatic heterocycles. The zero-order valence-electron chi connectivity index (χ0n) is 21.2. The molecule has 1 atom stereocenters. The Bertz CT molecular complexity index is 1410. The molecule has 1 amide bonds. The molecule has 0 saturated heterocycles. The number of nitrogens with one attached hydrogen (secondary N) is 1. The van der Waals surface area contributed by atoms with E-state index in [1.54, 1.807) is 19.5 Å². The molecule has 1 aromatic carbocycles. The molecule has 37 heavy (non-hydrogen) atoms. The first-order valence-corrected chi connectivity index (χ1v) is 12.2. The number of aromatic nitrogens is 4. The topological polar surface area (TPSA) is 123 Å². The van der Waals surface area contributed by atoms with Crippen LogP contribution in [0.3, 0.4) is 0 Å². The molecular weight excluding hydrogens is 470 g/mol. The molecular formula is C28H29N5O4. The van der Waals surface area contributed by atoms with Crippen LogP contribution in [0, 0.1) is 5.92 Å². The minimum absolute atomic E-state index is 0.267. The number of benzene rings is 1. The van der Waals surface area contributed by atoms with Crippen molar-refractivity contribution in [3.05, 3.63) is 78.2 Å². The number of ether oxygens (including phenoxy) is 1. The normalized spacial score (nSPS) is 15.7. The molecule has 1 aliphatic rings. The molecule has 5 rings (SSSR count). The number of amides is 1. The molecule has 9 heteroatoms. The first-order valence-electron chi connectivity index (χ1n) is 12.2. The van der Waals surface area contributed by atoms with Crippen molar-refractivity contribution in [3.8, 4) is 28.3 Å². The second-order valence-electron chi connectivity index (χ2n) is 9.92. The van der Waals surface area contributed by atoms with Crippen LogP contribution in [-0.4, -0.2) is 38.4 Å². The average molecular weight is 500 g/mol. The van der Waals surface area contributed by atoms with E-state index in [9.17, 15) is 4.79 Å². The van der Waals surface area contributed by atoms with Crippen LogP contribution in [0.15, 0.2) is 65.6 Å². The summed E-state index contributed by atoms with van der Waals surface area (Å²) in [4.78, 5) is 24.6. The number of methoxy groups -OCH3 is 1. The maximum Gasteiger partial charge on any atom is 0.405 e. The summed E-state index contributed by atoms with van der Waals surface area (Å²) < 4.78 is 10.7. The molecule has 0 bridgehead atoms. The van der Waals surface area contributed by atoms with Gasteiger partial charge in [-0.3, -0.25) is 9.97 Å². The van der Waals surface area contributed by atoms with Gasteiger partial charge in [-0.1, -0.05) is 43.3 Å². The summed E-state index contributed by atoms with van der Waals surface area (Å²) in [5.41, 5.74) is 3.73. The van der Waals surface area contributed by atoms with Crippen molar-refractivity contribution in [3.63, 3.8) is 0 Å². The van der Waals surface area contributed by atoms with E-state index in [0.717, 1.165) is 28.1 Å². The summed E-state index contributed by atoms with van der Waals surface area (Å²) in [7, 11) is 1.63. The molecule has 0 radical (unpaired) electrons. The van der Waals surface area contributed by atoms with E-state index in [-0.39, 0.29) is 17.2 Å². The van der Waals surface area contributed by atoms with Crippen LogP contribution in [0.25, 0.3) is 22.5 Å². The van der Waals surface area contributed by atoms with E-state index in [2.05, 4.69) is 65.5 Å². The summed E-state index contributed by atoms with van der Waals surface area (Å²) in [5, 5.41) is 15.6. The number of rotatable bonds is 8. The van der Waals surface area contributed by atoms with E-state index in [4.69, 9.17) is 19.4 Å². The number of hydrogen-bond donors (Lipinski definition) is 2. The molecule has 2 N–H and O–H groups in total. The predicted molar refractivity (Wildman–Crippen MR) is 137 cm³/mol. The monoisotopic (exact) mass is 499 g/mol. The van der Waals surface area contributed by atoms with Gasteiger partial charge in [-0.15, -0.1) is 0 Å². The van der Waals surface area contributed by atoms with Crippen molar-refractivity contribution in [1.82, 2.24) is 25.4 Å². The average Bonchev–Trinajstić information content (AvgIpc) is 3.50. The van der Waals surface area contributed by atoms with Crippen molar-refractivity contribution in [1.29, 1.82) is 0 Å². The van der Waals surface area contributed by atoms with Gasteiger partial charge >= 0.3 is 6.09 Å². The van der Waals surface area contributed by atoms with E-state index in [0.29, 0.717) is 24.2 Å². The Morgan fingerprint density at radius 1 is 1.08 bits per heavy atom. The lowest BCUT2D eigenvalue weighted by Gasteiger charge is -2.34. The van der Waals surface area contributed by atoms with Crippen LogP contribution in [-0.2, 0) is 11.0 Å². The Kier molecular flexibility index (Phi) is 6.15. The standard InChI is InChI=1S/C28H29N5O4/c1-17(2)27(3,21-8-5-18(6-9-21)20-13-22(36-4)16-29-14-20)23-10-7-19(15-30-23)24-31-25(37-33-24)28(11-12-28)32-26(34)35/h5-10,13-17,32H,11-12H2,1-4H3,(H,34,35). The molecule has 1 fully saturated rings. The second kappa shape index (κ2) is 9.31. The minimum atomic E-state index is -1.11. The van der Waals surface area contributed by atoms with Crippen molar-refractivity contribution < 1.29 is 19.2 Å². The van der Waals surface area contributed by atoms with Crippen molar-refractivity contribution >= 4 is 6.09 Å². The van der Waals surface area contributed by atoms with E-state index >= 15 is 0 Å². The number of pyridine rings is 2. The van der Waals surface area contributed by atoms with Crippen molar-refractivity contribution in [2.75, 3.05) is 7.11 Å². The van der Waals surface area contributed by atoms with Gasteiger partial charge in [-0.25, -0.2) is 4.79 Å². The molecule has 1 unspecified atom stereocenters. The predicted octanol–water partition coefficient (Wildman–Crippen LogP) is 5.42. The minimum Gasteiger partial charge on any atom is -0.495 e. The van der Waals surface area contributed by atoms with Crippen LogP contribution in [0.4, 0.5) is 4.79 Å². The van der Waals surface area contributed by atoms with Gasteiger partial charge < -0.3 is 19.7 Å². The van der Waals surface area contributed by atoms with E-state index in [1.165, 1.54) is 0 Å². The van der Waals surface area contributed by atoms with E-state index in [1.807, 2.05) is 24.4 Å². The quantitative estimate of drug-likeness (QED) is 0.329. The Hall–Kier alpha value is -4.27. The van der Waals surface area contributed by atoms with Gasteiger partial charge in [-0.05, 0) is 55.0 Å². The Morgan fingerprint density at radius 3 is 2.41 bits per heavy atom. The first-order chi connectivity index (χ1) is 17.7. The molecule has 0 spiro atoms. The molecule has 1 aliphatic carbocycles. The fourth-order valence-corrected chi connectivity index (χ4v) is 4.56. The van der Waals surface area contributed by atoms with Crippen LogP contribution < -0.4 is 10.1 Å². The van der Waals surface area contributed by atoms with Crippen LogP contribution in [0.1, 0.15) is 50.8 Å². The Labute approximate surface area is 214 Å². The fraction of sp³-hybridized carbons (Fsp3) is 0.321. The zero-order chi connectivity index (χ0) is 26.2. The lowest BCUT2D eigenvalue weighted by Crippen LogP contribution is -2.33. The molecule has 3 heterocycles. The highest BCUT2D eigenvalue weighted by Crippen LogP contribution is 2.45. The van der Waals surface area contributed by atoms with Crippen molar-refractivity contribution in [2.24, 2.45) is 5.92 Å². The van der Waals surface area contributed by atoms with Gasteiger partial charge in [0.05, 0.1) is 19.0 Å². The second-order valence-corrected chi connectivity index (χ2v) is 9.92. The maximum atomic E-state index is 11.1. The van der Waals surface area contributed by atoms with Crippen LogP contribution in [0.2, 0.25) is 0 Å². The first kappa shape index (κ1) is 24.4. The number of nitrogens with zero attached hydrogens (tertiary/aromatic N) is 4. The van der Waals surface area contributed by atoms with Gasteiger partial charge in [0, 0.05) is 28.9 Å². The van der Waals surface area contributed by atoms with Crippen LogP contribution >= 0.6 is 0 Å². The SMILES string of the molecule is COc1cncc(-c2ccc(C(C)(c3ccc(-c4noc(C5(NC(=O)O)CC5)n4)cn3)C(C)C)cc2)c1. The highest BCUT2D eigenvalue weighted by atomic mass is 16.5. The third-order valence-electron chi connectivity index (χ3n) is 7.41. The highest BCUT2D eigenvalue weighted by Gasteiger charge is 2.51. The molecule has 190 valence electrons. The number of carboxylic acid groups (broad SMARTS) is 1. The van der Waals surface area contributed by atoms with Gasteiger partial charge in [-0.2, -0.15) is 4.98 Å². The number of carbonyl (C=O) groups is 1. The van der Waals surface area contributed by atoms with Crippen molar-refractivity contribution in [2.45, 2.75) is 44.6 Å². The smallest absolute Gasteiger partial charge is 0.405 e. The summed E-state index contributed by atoms with van der Waals surface area (Å²) in [6.07, 6.45) is 5.42.